The maximum Gasteiger partial charge on any atom is 0.270 e. The fraction of sp³-hybridized carbons (Fsp3) is 0.0741. The normalized spacial score (nSPS) is 12.2. The number of tetrazole rings is 1. The van der Waals surface area contributed by atoms with Gasteiger partial charge in [-0.3, -0.25) is 15.2 Å². The van der Waals surface area contributed by atoms with E-state index in [0.29, 0.717) is 11.4 Å². The minimum absolute atomic E-state index is 0.0981. The molecule has 2 aromatic heterocycles. The summed E-state index contributed by atoms with van der Waals surface area (Å²) in [5.41, 5.74) is 6.42. The van der Waals surface area contributed by atoms with E-state index >= 15 is 0 Å². The molecule has 0 aliphatic rings. The standard InChI is InChI=1S/C27H21ClFN7O/c1-2-21(22-10-9-20(29)14-23(22)28)26(18-8-11-24-19(13-18)15-30-32-24)17-6-3-16(4-7-17)5-12-25(37)31-27-33-35-36-34-27/h3-15H,2H2,1H3,(H,30,32)(H2,31,33,34,35,36,37)/b12-5+,26-21+. The first-order chi connectivity index (χ1) is 18.0. The van der Waals surface area contributed by atoms with Crippen LogP contribution in [0.5, 0.6) is 0 Å². The van der Waals surface area contributed by atoms with Crippen LogP contribution in [0.25, 0.3) is 28.1 Å². The highest BCUT2D eigenvalue weighted by atomic mass is 35.5. The zero-order chi connectivity index (χ0) is 25.8. The number of anilines is 1. The Morgan fingerprint density at radius 3 is 2.62 bits per heavy atom. The fourth-order valence-corrected chi connectivity index (χ4v) is 4.43. The molecule has 0 aliphatic carbocycles. The average Bonchev–Trinajstić information content (AvgIpc) is 3.59. The van der Waals surface area contributed by atoms with E-state index in [1.54, 1.807) is 18.3 Å². The highest BCUT2D eigenvalue weighted by Gasteiger charge is 2.16. The highest BCUT2D eigenvalue weighted by Crippen LogP contribution is 2.38. The Kier molecular flexibility index (Phi) is 6.87. The van der Waals surface area contributed by atoms with E-state index in [1.807, 2.05) is 43.3 Å². The number of carbonyl (C=O) groups is 1. The summed E-state index contributed by atoms with van der Waals surface area (Å²) in [7, 11) is 0. The molecule has 0 bridgehead atoms. The Morgan fingerprint density at radius 1 is 1.08 bits per heavy atom. The van der Waals surface area contributed by atoms with Gasteiger partial charge in [-0.25, -0.2) is 4.39 Å². The van der Waals surface area contributed by atoms with Crippen molar-refractivity contribution in [3.05, 3.63) is 106 Å². The van der Waals surface area contributed by atoms with Crippen molar-refractivity contribution in [2.75, 3.05) is 5.32 Å². The number of carbonyl (C=O) groups excluding carboxylic acids is 1. The first-order valence-corrected chi connectivity index (χ1v) is 11.8. The van der Waals surface area contributed by atoms with Gasteiger partial charge in [0.15, 0.2) is 0 Å². The van der Waals surface area contributed by atoms with Gasteiger partial charge in [0, 0.05) is 11.5 Å². The lowest BCUT2D eigenvalue weighted by molar-refractivity contribution is -0.111. The Morgan fingerprint density at radius 2 is 1.89 bits per heavy atom. The lowest BCUT2D eigenvalue weighted by Gasteiger charge is -2.18. The van der Waals surface area contributed by atoms with Crippen molar-refractivity contribution in [1.29, 1.82) is 0 Å². The topological polar surface area (TPSA) is 112 Å². The van der Waals surface area contributed by atoms with Gasteiger partial charge in [-0.05, 0) is 75.4 Å². The molecular weight excluding hydrogens is 493 g/mol. The van der Waals surface area contributed by atoms with Crippen molar-refractivity contribution in [3.8, 4) is 0 Å². The summed E-state index contributed by atoms with van der Waals surface area (Å²) in [6.45, 7) is 2.05. The van der Waals surface area contributed by atoms with Crippen LogP contribution in [0, 0.1) is 5.82 Å². The van der Waals surface area contributed by atoms with Crippen molar-refractivity contribution in [2.24, 2.45) is 0 Å². The summed E-state index contributed by atoms with van der Waals surface area (Å²) in [6, 6.07) is 18.3. The molecule has 37 heavy (non-hydrogen) atoms. The monoisotopic (exact) mass is 513 g/mol. The average molecular weight is 514 g/mol. The number of nitrogens with zero attached hydrogens (tertiary/aromatic N) is 4. The first kappa shape index (κ1) is 24.1. The molecule has 184 valence electrons. The maximum absolute atomic E-state index is 13.8. The van der Waals surface area contributed by atoms with Crippen LogP contribution < -0.4 is 5.32 Å². The van der Waals surface area contributed by atoms with Crippen molar-refractivity contribution < 1.29 is 9.18 Å². The number of aromatic amines is 2. The van der Waals surface area contributed by atoms with Crippen LogP contribution >= 0.6 is 11.6 Å². The summed E-state index contributed by atoms with van der Waals surface area (Å²) in [5.74, 6) is -0.662. The zero-order valence-corrected chi connectivity index (χ0v) is 20.4. The molecule has 0 radical (unpaired) electrons. The van der Waals surface area contributed by atoms with Gasteiger partial charge in [0.05, 0.1) is 16.7 Å². The fourth-order valence-electron chi connectivity index (χ4n) is 4.15. The SMILES string of the molecule is CC/C(=C(/c1ccc(/C=C/C(=O)Nc2nn[nH]n2)cc1)c1ccc2[nH]ncc2c1)c1ccc(F)cc1Cl. The van der Waals surface area contributed by atoms with Gasteiger partial charge < -0.3 is 0 Å². The second kappa shape index (κ2) is 10.5. The minimum Gasteiger partial charge on any atom is -0.288 e. The van der Waals surface area contributed by atoms with E-state index in [4.69, 9.17) is 11.6 Å². The Bertz CT molecular complexity index is 1620. The van der Waals surface area contributed by atoms with Crippen molar-refractivity contribution in [3.63, 3.8) is 0 Å². The summed E-state index contributed by atoms with van der Waals surface area (Å²) >= 11 is 6.50. The third-order valence-corrected chi connectivity index (χ3v) is 6.16. The van der Waals surface area contributed by atoms with Crippen molar-refractivity contribution in [1.82, 2.24) is 30.8 Å². The molecule has 0 saturated carbocycles. The number of amides is 1. The third-order valence-electron chi connectivity index (χ3n) is 5.85. The summed E-state index contributed by atoms with van der Waals surface area (Å²) in [5, 5.41) is 24.0. The molecule has 0 spiro atoms. The van der Waals surface area contributed by atoms with Gasteiger partial charge in [0.2, 0.25) is 0 Å². The molecule has 0 atom stereocenters. The zero-order valence-electron chi connectivity index (χ0n) is 19.7. The molecule has 0 unspecified atom stereocenters. The number of halogens is 2. The minimum atomic E-state index is -0.384. The second-order valence-electron chi connectivity index (χ2n) is 8.18. The van der Waals surface area contributed by atoms with Crippen LogP contribution in [0.15, 0.2) is 72.9 Å². The smallest absolute Gasteiger partial charge is 0.270 e. The number of aromatic nitrogens is 6. The summed E-state index contributed by atoms with van der Waals surface area (Å²) in [6.07, 6.45) is 5.53. The number of hydrogen-bond acceptors (Lipinski definition) is 5. The number of H-pyrrole nitrogens is 2. The summed E-state index contributed by atoms with van der Waals surface area (Å²) in [4.78, 5) is 12.1. The van der Waals surface area contributed by atoms with E-state index in [1.165, 1.54) is 18.2 Å². The van der Waals surface area contributed by atoms with Crippen LogP contribution in [0.4, 0.5) is 10.3 Å². The van der Waals surface area contributed by atoms with Crippen LogP contribution in [-0.2, 0) is 4.79 Å². The molecule has 5 aromatic rings. The van der Waals surface area contributed by atoms with Crippen LogP contribution in [0.1, 0.15) is 35.6 Å². The molecule has 3 N–H and O–H groups in total. The number of rotatable bonds is 7. The maximum atomic E-state index is 13.8. The van der Waals surface area contributed by atoms with E-state index in [9.17, 15) is 9.18 Å². The predicted molar refractivity (Wildman–Crippen MR) is 142 cm³/mol. The Labute approximate surface area is 216 Å². The number of benzene rings is 3. The van der Waals surface area contributed by atoms with Crippen molar-refractivity contribution in [2.45, 2.75) is 13.3 Å². The predicted octanol–water partition coefficient (Wildman–Crippen LogP) is 5.89. The number of allylic oxidation sites excluding steroid dienone is 1. The lowest BCUT2D eigenvalue weighted by atomic mass is 9.87. The lowest BCUT2D eigenvalue weighted by Crippen LogP contribution is -2.09. The highest BCUT2D eigenvalue weighted by molar-refractivity contribution is 6.32. The number of fused-ring (bicyclic) bond motifs is 1. The van der Waals surface area contributed by atoms with E-state index in [2.05, 4.69) is 42.2 Å². The van der Waals surface area contributed by atoms with Gasteiger partial charge in [0.25, 0.3) is 11.9 Å². The largest absolute Gasteiger partial charge is 0.288 e. The third kappa shape index (κ3) is 5.31. The van der Waals surface area contributed by atoms with E-state index in [0.717, 1.165) is 44.3 Å². The van der Waals surface area contributed by atoms with Crippen LogP contribution in [-0.4, -0.2) is 36.7 Å². The van der Waals surface area contributed by atoms with Crippen molar-refractivity contribution >= 4 is 51.6 Å². The van der Waals surface area contributed by atoms with E-state index in [-0.39, 0.29) is 17.7 Å². The Balaban J connectivity index is 1.55. The van der Waals surface area contributed by atoms with Crippen LogP contribution in [0.3, 0.4) is 0 Å². The van der Waals surface area contributed by atoms with Gasteiger partial charge in [-0.15, -0.1) is 5.10 Å². The quantitative estimate of drug-likeness (QED) is 0.185. The molecule has 5 rings (SSSR count). The molecule has 1 amide bonds. The van der Waals surface area contributed by atoms with Gasteiger partial charge >= 0.3 is 0 Å². The molecule has 2 heterocycles. The summed E-state index contributed by atoms with van der Waals surface area (Å²) < 4.78 is 13.8. The van der Waals surface area contributed by atoms with Gasteiger partial charge in [0.1, 0.15) is 5.82 Å². The molecule has 0 fully saturated rings. The van der Waals surface area contributed by atoms with Crippen LogP contribution in [0.2, 0.25) is 5.02 Å². The second-order valence-corrected chi connectivity index (χ2v) is 8.59. The molecule has 0 aliphatic heterocycles. The molecular formula is C27H21ClFN7O. The Hall–Kier alpha value is -4.63. The first-order valence-electron chi connectivity index (χ1n) is 11.5. The molecule has 10 heteroatoms. The molecule has 3 aromatic carbocycles. The number of nitrogens with one attached hydrogen (secondary N) is 3. The van der Waals surface area contributed by atoms with Gasteiger partial charge in [-0.2, -0.15) is 10.3 Å². The van der Waals surface area contributed by atoms with E-state index < -0.39 is 0 Å². The molecule has 0 saturated heterocycles. The molecule has 8 nitrogen and oxygen atoms in total. The number of hydrogen-bond donors (Lipinski definition) is 3. The van der Waals surface area contributed by atoms with Gasteiger partial charge in [-0.1, -0.05) is 60.0 Å².